The number of aromatic nitrogens is 3. The Bertz CT molecular complexity index is 962. The molecule has 1 aliphatic heterocycles. The first-order chi connectivity index (χ1) is 13.3. The van der Waals surface area contributed by atoms with Gasteiger partial charge in [0.15, 0.2) is 0 Å². The van der Waals surface area contributed by atoms with Crippen molar-refractivity contribution in [1.29, 1.82) is 5.26 Å². The average molecular weight is 357 g/mol. The molecule has 0 aliphatic carbocycles. The Kier molecular flexibility index (Phi) is 4.67. The Balaban J connectivity index is 1.58. The highest BCUT2D eigenvalue weighted by Crippen LogP contribution is 2.33. The summed E-state index contributed by atoms with van der Waals surface area (Å²) in [5.41, 5.74) is 2.65. The molecule has 134 valence electrons. The molecule has 2 atom stereocenters. The lowest BCUT2D eigenvalue weighted by atomic mass is 9.90. The van der Waals surface area contributed by atoms with Gasteiger partial charge in [-0.3, -0.25) is 4.79 Å². The maximum absolute atomic E-state index is 13.2. The van der Waals surface area contributed by atoms with Crippen LogP contribution >= 0.6 is 0 Å². The lowest BCUT2D eigenvalue weighted by molar-refractivity contribution is 0.0787. The normalized spacial score (nSPS) is 19.0. The maximum atomic E-state index is 13.2. The summed E-state index contributed by atoms with van der Waals surface area (Å²) in [6, 6.07) is 19.9. The Morgan fingerprint density at radius 1 is 1.11 bits per heavy atom. The van der Waals surface area contributed by atoms with Gasteiger partial charge in [0, 0.05) is 24.6 Å². The van der Waals surface area contributed by atoms with Gasteiger partial charge in [-0.05, 0) is 17.2 Å². The monoisotopic (exact) mass is 357 g/mol. The molecule has 0 N–H and O–H groups in total. The summed E-state index contributed by atoms with van der Waals surface area (Å²) in [5.74, 6) is -0.189. The van der Waals surface area contributed by atoms with Crippen molar-refractivity contribution in [1.82, 2.24) is 19.7 Å². The zero-order valence-corrected chi connectivity index (χ0v) is 14.8. The predicted octanol–water partition coefficient (Wildman–Crippen LogP) is 2.71. The molecule has 0 unspecified atom stereocenters. The Morgan fingerprint density at radius 2 is 1.89 bits per heavy atom. The van der Waals surface area contributed by atoms with Crippen LogP contribution in [0.25, 0.3) is 0 Å². The number of carbonyl (C=O) groups is 1. The number of hydrogen-bond donors (Lipinski definition) is 0. The lowest BCUT2D eigenvalue weighted by Crippen LogP contribution is -2.30. The fraction of sp³-hybridized carbons (Fsp3) is 0.238. The van der Waals surface area contributed by atoms with E-state index in [9.17, 15) is 10.1 Å². The molecule has 0 radical (unpaired) electrons. The molecule has 1 fully saturated rings. The molecular formula is C21H19N5O. The molecule has 27 heavy (non-hydrogen) atoms. The molecule has 0 saturated carbocycles. The van der Waals surface area contributed by atoms with Crippen LogP contribution in [0.1, 0.15) is 27.4 Å². The van der Waals surface area contributed by atoms with Gasteiger partial charge >= 0.3 is 0 Å². The third-order valence-corrected chi connectivity index (χ3v) is 5.05. The predicted molar refractivity (Wildman–Crippen MR) is 99.8 cm³/mol. The van der Waals surface area contributed by atoms with Crippen molar-refractivity contribution in [2.24, 2.45) is 5.92 Å². The van der Waals surface area contributed by atoms with E-state index in [0.717, 1.165) is 11.1 Å². The second kappa shape index (κ2) is 7.42. The van der Waals surface area contributed by atoms with Gasteiger partial charge in [-0.25, -0.2) is 9.67 Å². The van der Waals surface area contributed by atoms with Crippen molar-refractivity contribution in [3.8, 4) is 6.07 Å². The maximum Gasteiger partial charge on any atom is 0.254 e. The van der Waals surface area contributed by atoms with E-state index in [1.165, 1.54) is 6.33 Å². The van der Waals surface area contributed by atoms with Crippen LogP contribution in [0.5, 0.6) is 0 Å². The Labute approximate surface area is 157 Å². The van der Waals surface area contributed by atoms with Crippen LogP contribution in [0, 0.1) is 17.2 Å². The van der Waals surface area contributed by atoms with Crippen LogP contribution in [0.4, 0.5) is 0 Å². The first-order valence-electron chi connectivity index (χ1n) is 8.90. The smallest absolute Gasteiger partial charge is 0.254 e. The fourth-order valence-corrected chi connectivity index (χ4v) is 3.66. The van der Waals surface area contributed by atoms with Crippen LogP contribution in [0.3, 0.4) is 0 Å². The van der Waals surface area contributed by atoms with E-state index in [1.54, 1.807) is 15.9 Å². The quantitative estimate of drug-likeness (QED) is 0.719. The minimum absolute atomic E-state index is 0.0376. The largest absolute Gasteiger partial charge is 0.337 e. The number of benzene rings is 2. The van der Waals surface area contributed by atoms with Crippen molar-refractivity contribution in [3.63, 3.8) is 0 Å². The van der Waals surface area contributed by atoms with Crippen LogP contribution in [-0.4, -0.2) is 38.7 Å². The lowest BCUT2D eigenvalue weighted by Gasteiger charge is -2.18. The van der Waals surface area contributed by atoms with Gasteiger partial charge in [0.2, 0.25) is 0 Å². The molecule has 2 aromatic carbocycles. The van der Waals surface area contributed by atoms with E-state index < -0.39 is 0 Å². The zero-order chi connectivity index (χ0) is 18.6. The average Bonchev–Trinajstić information content (AvgIpc) is 3.38. The minimum Gasteiger partial charge on any atom is -0.337 e. The summed E-state index contributed by atoms with van der Waals surface area (Å²) in [5, 5.41) is 13.7. The number of nitriles is 1. The van der Waals surface area contributed by atoms with Crippen LogP contribution in [-0.2, 0) is 6.54 Å². The Morgan fingerprint density at radius 3 is 2.63 bits per heavy atom. The first kappa shape index (κ1) is 17.0. The molecular weight excluding hydrogens is 338 g/mol. The molecule has 4 rings (SSSR count). The summed E-state index contributed by atoms with van der Waals surface area (Å²) < 4.78 is 1.70. The standard InChI is InChI=1S/C21H19N5O/c22-10-18-11-25(13-20(18)16-6-2-1-3-7-16)21(27)19-9-5-4-8-17(19)12-26-15-23-14-24-26/h1-9,14-15,18,20H,11-13H2/t18-,20+/m1/s1. The summed E-state index contributed by atoms with van der Waals surface area (Å²) in [6.45, 7) is 1.49. The van der Waals surface area contributed by atoms with Gasteiger partial charge < -0.3 is 4.90 Å². The second-order valence-corrected chi connectivity index (χ2v) is 6.71. The number of nitrogens with zero attached hydrogens (tertiary/aromatic N) is 5. The third kappa shape index (κ3) is 3.44. The number of hydrogen-bond acceptors (Lipinski definition) is 4. The minimum atomic E-state index is -0.196. The van der Waals surface area contributed by atoms with E-state index in [0.29, 0.717) is 25.2 Å². The SMILES string of the molecule is N#C[C@@H]1CN(C(=O)c2ccccc2Cn2cncn2)C[C@H]1c1ccccc1. The van der Waals surface area contributed by atoms with Crippen LogP contribution in [0.15, 0.2) is 67.3 Å². The van der Waals surface area contributed by atoms with E-state index in [4.69, 9.17) is 0 Å². The Hall–Kier alpha value is -3.46. The molecule has 1 amide bonds. The summed E-state index contributed by atoms with van der Waals surface area (Å²) in [7, 11) is 0. The second-order valence-electron chi connectivity index (χ2n) is 6.71. The summed E-state index contributed by atoms with van der Waals surface area (Å²) >= 11 is 0. The van der Waals surface area contributed by atoms with Crippen LogP contribution in [0.2, 0.25) is 0 Å². The number of carbonyl (C=O) groups excluding carboxylic acids is 1. The number of rotatable bonds is 4. The van der Waals surface area contributed by atoms with Crippen molar-refractivity contribution >= 4 is 5.91 Å². The molecule has 0 spiro atoms. The molecule has 1 aliphatic rings. The highest BCUT2D eigenvalue weighted by Gasteiger charge is 2.36. The van der Waals surface area contributed by atoms with Gasteiger partial charge in [0.1, 0.15) is 12.7 Å². The zero-order valence-electron chi connectivity index (χ0n) is 14.8. The van der Waals surface area contributed by atoms with Gasteiger partial charge in [-0.1, -0.05) is 48.5 Å². The molecule has 0 bridgehead atoms. The summed E-state index contributed by atoms with van der Waals surface area (Å²) in [6.07, 6.45) is 3.11. The van der Waals surface area contributed by atoms with E-state index in [2.05, 4.69) is 16.2 Å². The van der Waals surface area contributed by atoms with E-state index in [-0.39, 0.29) is 17.7 Å². The molecule has 1 aromatic heterocycles. The topological polar surface area (TPSA) is 74.8 Å². The highest BCUT2D eigenvalue weighted by atomic mass is 16.2. The number of likely N-dealkylation sites (tertiary alicyclic amines) is 1. The van der Waals surface area contributed by atoms with Crippen molar-refractivity contribution in [2.45, 2.75) is 12.5 Å². The third-order valence-electron chi connectivity index (χ3n) is 5.05. The fourth-order valence-electron chi connectivity index (χ4n) is 3.66. The summed E-state index contributed by atoms with van der Waals surface area (Å²) in [4.78, 5) is 19.0. The molecule has 3 aromatic rings. The van der Waals surface area contributed by atoms with Crippen LogP contribution < -0.4 is 0 Å². The van der Waals surface area contributed by atoms with Crippen molar-refractivity contribution in [2.75, 3.05) is 13.1 Å². The van der Waals surface area contributed by atoms with Crippen molar-refractivity contribution in [3.05, 3.63) is 83.9 Å². The van der Waals surface area contributed by atoms with E-state index in [1.807, 2.05) is 54.6 Å². The van der Waals surface area contributed by atoms with Crippen molar-refractivity contribution < 1.29 is 4.79 Å². The molecule has 2 heterocycles. The van der Waals surface area contributed by atoms with Gasteiger partial charge in [0.25, 0.3) is 5.91 Å². The molecule has 6 heteroatoms. The molecule has 1 saturated heterocycles. The van der Waals surface area contributed by atoms with Gasteiger partial charge in [-0.15, -0.1) is 0 Å². The molecule has 6 nitrogen and oxygen atoms in total. The highest BCUT2D eigenvalue weighted by molar-refractivity contribution is 5.96. The first-order valence-corrected chi connectivity index (χ1v) is 8.90. The van der Waals surface area contributed by atoms with Gasteiger partial charge in [0.05, 0.1) is 18.5 Å². The van der Waals surface area contributed by atoms with Gasteiger partial charge in [-0.2, -0.15) is 10.4 Å². The number of amides is 1. The van der Waals surface area contributed by atoms with E-state index >= 15 is 0 Å².